The average molecular weight is 621 g/mol. The van der Waals surface area contributed by atoms with Crippen molar-refractivity contribution in [2.75, 3.05) is 41.3 Å². The maximum atomic E-state index is 13.2. The highest BCUT2D eigenvalue weighted by Gasteiger charge is 2.16. The SMILES string of the molecule is CN(C)CCn1cc(-c2ccc(F)cc2)c(-c2ccncc2)n1.CN(C)CCn1ncc(-c2ccc(F)cc2)c1-c1ccncc1. The molecule has 236 valence electrons. The second-order valence-corrected chi connectivity index (χ2v) is 11.4. The average Bonchev–Trinajstić information content (AvgIpc) is 3.70. The molecule has 2 aromatic carbocycles. The monoisotopic (exact) mass is 620 g/mol. The minimum Gasteiger partial charge on any atom is -0.308 e. The fourth-order valence-corrected chi connectivity index (χ4v) is 4.91. The maximum absolute atomic E-state index is 13.2. The molecule has 0 amide bonds. The molecule has 0 aliphatic heterocycles. The van der Waals surface area contributed by atoms with Gasteiger partial charge in [-0.2, -0.15) is 10.2 Å². The van der Waals surface area contributed by atoms with Crippen molar-refractivity contribution in [3.05, 3.63) is 122 Å². The number of hydrogen-bond donors (Lipinski definition) is 0. The molecule has 0 saturated carbocycles. The second kappa shape index (κ2) is 15.3. The molecule has 10 heteroatoms. The molecule has 0 aliphatic rings. The molecule has 0 aliphatic carbocycles. The van der Waals surface area contributed by atoms with Crippen LogP contribution >= 0.6 is 0 Å². The summed E-state index contributed by atoms with van der Waals surface area (Å²) in [5.74, 6) is -0.474. The summed E-state index contributed by atoms with van der Waals surface area (Å²) in [6.07, 6.45) is 10.9. The van der Waals surface area contributed by atoms with Gasteiger partial charge in [-0.15, -0.1) is 0 Å². The lowest BCUT2D eigenvalue weighted by Gasteiger charge is -2.13. The van der Waals surface area contributed by atoms with Crippen molar-refractivity contribution in [1.82, 2.24) is 39.3 Å². The van der Waals surface area contributed by atoms with Gasteiger partial charge in [-0.25, -0.2) is 8.78 Å². The van der Waals surface area contributed by atoms with Gasteiger partial charge in [0.25, 0.3) is 0 Å². The predicted molar refractivity (Wildman–Crippen MR) is 179 cm³/mol. The van der Waals surface area contributed by atoms with Crippen molar-refractivity contribution >= 4 is 0 Å². The van der Waals surface area contributed by atoms with Gasteiger partial charge in [0.1, 0.15) is 17.3 Å². The van der Waals surface area contributed by atoms with E-state index < -0.39 is 0 Å². The number of hydrogen-bond acceptors (Lipinski definition) is 6. The highest BCUT2D eigenvalue weighted by Crippen LogP contribution is 2.32. The van der Waals surface area contributed by atoms with Gasteiger partial charge < -0.3 is 9.80 Å². The van der Waals surface area contributed by atoms with Crippen LogP contribution in [-0.2, 0) is 13.1 Å². The fraction of sp³-hybridized carbons (Fsp3) is 0.222. The van der Waals surface area contributed by atoms with Crippen LogP contribution < -0.4 is 0 Å². The number of likely N-dealkylation sites (N-methyl/N-ethyl adjacent to an activating group) is 2. The summed E-state index contributed by atoms with van der Waals surface area (Å²) >= 11 is 0. The fourth-order valence-electron chi connectivity index (χ4n) is 4.91. The zero-order valence-electron chi connectivity index (χ0n) is 26.6. The number of benzene rings is 2. The van der Waals surface area contributed by atoms with Gasteiger partial charge in [-0.1, -0.05) is 24.3 Å². The standard InChI is InChI=1S/2C18H19FN4/c1-22(2)11-12-23-13-17(14-3-5-16(19)6-4-14)18(21-23)15-7-9-20-10-8-15;1-22(2)11-12-23-18(15-7-9-20-10-8-15)17(13-21-23)14-3-5-16(19)6-4-14/h2*3-10,13H,11-12H2,1-2H3. The van der Waals surface area contributed by atoms with Crippen molar-refractivity contribution in [3.63, 3.8) is 0 Å². The summed E-state index contributed by atoms with van der Waals surface area (Å²) in [5, 5.41) is 9.26. The molecule has 0 spiro atoms. The zero-order chi connectivity index (χ0) is 32.5. The van der Waals surface area contributed by atoms with Gasteiger partial charge in [-0.05, 0) is 87.8 Å². The number of aromatic nitrogens is 6. The molecule has 0 N–H and O–H groups in total. The topological polar surface area (TPSA) is 67.9 Å². The Morgan fingerprint density at radius 1 is 0.587 bits per heavy atom. The van der Waals surface area contributed by atoms with E-state index in [1.165, 1.54) is 24.3 Å². The Kier molecular flexibility index (Phi) is 10.7. The van der Waals surface area contributed by atoms with E-state index in [9.17, 15) is 8.78 Å². The van der Waals surface area contributed by atoms with E-state index in [4.69, 9.17) is 5.10 Å². The minimum absolute atomic E-state index is 0.237. The van der Waals surface area contributed by atoms with E-state index in [1.807, 2.05) is 74.2 Å². The summed E-state index contributed by atoms with van der Waals surface area (Å²) in [6.45, 7) is 3.38. The molecule has 0 unspecified atom stereocenters. The highest BCUT2D eigenvalue weighted by atomic mass is 19.1. The smallest absolute Gasteiger partial charge is 0.123 e. The van der Waals surface area contributed by atoms with Crippen molar-refractivity contribution < 1.29 is 8.78 Å². The Morgan fingerprint density at radius 2 is 1.09 bits per heavy atom. The van der Waals surface area contributed by atoms with Crippen LogP contribution in [0.25, 0.3) is 44.8 Å². The zero-order valence-corrected chi connectivity index (χ0v) is 26.6. The van der Waals surface area contributed by atoms with Crippen molar-refractivity contribution in [1.29, 1.82) is 0 Å². The summed E-state index contributed by atoms with van der Waals surface area (Å²) in [5.41, 5.74) is 7.87. The number of pyridine rings is 2. The van der Waals surface area contributed by atoms with Crippen molar-refractivity contribution in [3.8, 4) is 44.8 Å². The molecule has 0 bridgehead atoms. The Hall–Kier alpha value is -5.06. The number of halogens is 2. The van der Waals surface area contributed by atoms with Crippen molar-refractivity contribution in [2.24, 2.45) is 0 Å². The van der Waals surface area contributed by atoms with Gasteiger partial charge in [0.15, 0.2) is 0 Å². The molecular weight excluding hydrogens is 582 g/mol. The van der Waals surface area contributed by atoms with E-state index in [1.54, 1.807) is 49.1 Å². The van der Waals surface area contributed by atoms with Crippen LogP contribution in [0, 0.1) is 11.6 Å². The van der Waals surface area contributed by atoms with Crippen LogP contribution in [0.3, 0.4) is 0 Å². The lowest BCUT2D eigenvalue weighted by molar-refractivity contribution is 0.373. The van der Waals surface area contributed by atoms with E-state index in [0.29, 0.717) is 0 Å². The molecule has 0 radical (unpaired) electrons. The molecule has 0 fully saturated rings. The third-order valence-electron chi connectivity index (χ3n) is 7.35. The van der Waals surface area contributed by atoms with Gasteiger partial charge in [0, 0.05) is 66.3 Å². The highest BCUT2D eigenvalue weighted by molar-refractivity contribution is 5.81. The minimum atomic E-state index is -0.237. The third-order valence-corrected chi connectivity index (χ3v) is 7.35. The largest absolute Gasteiger partial charge is 0.308 e. The first kappa shape index (κ1) is 32.3. The first-order valence-corrected chi connectivity index (χ1v) is 15.0. The Morgan fingerprint density at radius 3 is 1.63 bits per heavy atom. The lowest BCUT2D eigenvalue weighted by atomic mass is 10.0. The molecule has 0 saturated heterocycles. The maximum Gasteiger partial charge on any atom is 0.123 e. The molecule has 46 heavy (non-hydrogen) atoms. The summed E-state index contributed by atoms with van der Waals surface area (Å²) in [6, 6.07) is 20.8. The molecule has 6 rings (SSSR count). The first-order valence-electron chi connectivity index (χ1n) is 15.0. The van der Waals surface area contributed by atoms with E-state index >= 15 is 0 Å². The normalized spacial score (nSPS) is 11.1. The van der Waals surface area contributed by atoms with Crippen molar-refractivity contribution in [2.45, 2.75) is 13.1 Å². The molecule has 8 nitrogen and oxygen atoms in total. The Bertz CT molecular complexity index is 1750. The van der Waals surface area contributed by atoms with Crippen LogP contribution in [0.5, 0.6) is 0 Å². The first-order chi connectivity index (χ1) is 22.3. The van der Waals surface area contributed by atoms with Crippen LogP contribution in [-0.4, -0.2) is 80.6 Å². The predicted octanol–water partition coefficient (Wildman–Crippen LogP) is 6.63. The second-order valence-electron chi connectivity index (χ2n) is 11.4. The van der Waals surface area contributed by atoms with Gasteiger partial charge in [0.05, 0.1) is 25.0 Å². The summed E-state index contributed by atoms with van der Waals surface area (Å²) in [7, 11) is 8.15. The lowest BCUT2D eigenvalue weighted by Crippen LogP contribution is -2.19. The Labute approximate surface area is 268 Å². The van der Waals surface area contributed by atoms with E-state index in [0.717, 1.165) is 70.9 Å². The van der Waals surface area contributed by atoms with Gasteiger partial charge in [0.2, 0.25) is 0 Å². The van der Waals surface area contributed by atoms with Crippen LogP contribution in [0.4, 0.5) is 8.78 Å². The van der Waals surface area contributed by atoms with Gasteiger partial charge in [-0.3, -0.25) is 19.3 Å². The number of nitrogens with zero attached hydrogens (tertiary/aromatic N) is 8. The number of rotatable bonds is 10. The molecule has 4 aromatic heterocycles. The molecule has 0 atom stereocenters. The van der Waals surface area contributed by atoms with Crippen LogP contribution in [0.1, 0.15) is 0 Å². The summed E-state index contributed by atoms with van der Waals surface area (Å²) < 4.78 is 30.3. The quantitative estimate of drug-likeness (QED) is 0.171. The third kappa shape index (κ3) is 8.35. The molecular formula is C36H38F2N8. The molecule has 4 heterocycles. The van der Waals surface area contributed by atoms with E-state index in [2.05, 4.69) is 24.9 Å². The van der Waals surface area contributed by atoms with E-state index in [-0.39, 0.29) is 11.6 Å². The van der Waals surface area contributed by atoms with Crippen LogP contribution in [0.15, 0.2) is 110 Å². The molecule has 6 aromatic rings. The van der Waals surface area contributed by atoms with Gasteiger partial charge >= 0.3 is 0 Å². The van der Waals surface area contributed by atoms with Crippen LogP contribution in [0.2, 0.25) is 0 Å². The summed E-state index contributed by atoms with van der Waals surface area (Å²) in [4.78, 5) is 12.4. The Balaban J connectivity index is 0.000000181.